The molecule has 1 aromatic carbocycles. The van der Waals surface area contributed by atoms with Crippen molar-refractivity contribution in [2.24, 2.45) is 0 Å². The maximum Gasteiger partial charge on any atom is 0.325 e. The number of benzene rings is 1. The van der Waals surface area contributed by atoms with Gasteiger partial charge < -0.3 is 10.4 Å². The number of aromatic nitrogens is 2. The van der Waals surface area contributed by atoms with Gasteiger partial charge in [-0.15, -0.1) is 0 Å². The number of amides is 1. The van der Waals surface area contributed by atoms with Gasteiger partial charge in [0.15, 0.2) is 0 Å². The summed E-state index contributed by atoms with van der Waals surface area (Å²) in [5.74, 6) is -2.29. The molecule has 2 N–H and O–H groups in total. The van der Waals surface area contributed by atoms with Crippen LogP contribution in [0.25, 0.3) is 0 Å². The SMILES string of the molecule is O=C(O)Cn1cc(NC(=O)c2ccc(Cl)c(F)c2)cn1. The van der Waals surface area contributed by atoms with Crippen molar-refractivity contribution in [1.82, 2.24) is 9.78 Å². The van der Waals surface area contributed by atoms with Crippen LogP contribution in [0.2, 0.25) is 5.02 Å². The quantitative estimate of drug-likeness (QED) is 0.904. The first-order valence-corrected chi connectivity index (χ1v) is 5.84. The summed E-state index contributed by atoms with van der Waals surface area (Å²) in [7, 11) is 0. The third kappa shape index (κ3) is 3.33. The monoisotopic (exact) mass is 297 g/mol. The average molecular weight is 298 g/mol. The largest absolute Gasteiger partial charge is 0.480 e. The molecule has 0 saturated carbocycles. The van der Waals surface area contributed by atoms with Gasteiger partial charge in [-0.05, 0) is 18.2 Å². The van der Waals surface area contributed by atoms with Crippen LogP contribution in [-0.4, -0.2) is 26.8 Å². The summed E-state index contributed by atoms with van der Waals surface area (Å²) in [4.78, 5) is 22.3. The molecule has 0 fully saturated rings. The smallest absolute Gasteiger partial charge is 0.325 e. The zero-order valence-electron chi connectivity index (χ0n) is 10.0. The normalized spacial score (nSPS) is 10.3. The summed E-state index contributed by atoms with van der Waals surface area (Å²) in [6.07, 6.45) is 2.66. The van der Waals surface area contributed by atoms with E-state index in [-0.39, 0.29) is 17.1 Å². The van der Waals surface area contributed by atoms with Gasteiger partial charge in [-0.25, -0.2) is 4.39 Å². The molecule has 104 valence electrons. The van der Waals surface area contributed by atoms with Crippen LogP contribution in [0.5, 0.6) is 0 Å². The number of hydrogen-bond donors (Lipinski definition) is 2. The van der Waals surface area contributed by atoms with Gasteiger partial charge in [0.25, 0.3) is 5.91 Å². The van der Waals surface area contributed by atoms with Crippen molar-refractivity contribution in [2.75, 3.05) is 5.32 Å². The maximum absolute atomic E-state index is 13.2. The maximum atomic E-state index is 13.2. The van der Waals surface area contributed by atoms with Gasteiger partial charge >= 0.3 is 5.97 Å². The van der Waals surface area contributed by atoms with Crippen LogP contribution in [0.1, 0.15) is 10.4 Å². The lowest BCUT2D eigenvalue weighted by Gasteiger charge is -2.03. The molecule has 0 bridgehead atoms. The van der Waals surface area contributed by atoms with E-state index < -0.39 is 17.7 Å². The van der Waals surface area contributed by atoms with Crippen LogP contribution in [0.15, 0.2) is 30.6 Å². The molecule has 2 aromatic rings. The highest BCUT2D eigenvalue weighted by atomic mass is 35.5. The van der Waals surface area contributed by atoms with Crippen molar-refractivity contribution in [3.8, 4) is 0 Å². The van der Waals surface area contributed by atoms with Crippen molar-refractivity contribution in [3.63, 3.8) is 0 Å². The van der Waals surface area contributed by atoms with Crippen LogP contribution < -0.4 is 5.32 Å². The average Bonchev–Trinajstić information content (AvgIpc) is 2.79. The Morgan fingerprint density at radius 3 is 2.85 bits per heavy atom. The van der Waals surface area contributed by atoms with Crippen molar-refractivity contribution in [1.29, 1.82) is 0 Å². The third-order valence-corrected chi connectivity index (χ3v) is 2.68. The van der Waals surface area contributed by atoms with Crippen LogP contribution in [-0.2, 0) is 11.3 Å². The van der Waals surface area contributed by atoms with Gasteiger partial charge in [0, 0.05) is 11.8 Å². The highest BCUT2D eigenvalue weighted by molar-refractivity contribution is 6.30. The Balaban J connectivity index is 2.09. The fourth-order valence-corrected chi connectivity index (χ4v) is 1.61. The van der Waals surface area contributed by atoms with Gasteiger partial charge in [0.1, 0.15) is 12.4 Å². The molecular formula is C12H9ClFN3O3. The molecular weight excluding hydrogens is 289 g/mol. The topological polar surface area (TPSA) is 84.2 Å². The molecule has 1 heterocycles. The Bertz CT molecular complexity index is 672. The Hall–Kier alpha value is -2.41. The predicted molar refractivity (Wildman–Crippen MR) is 69.2 cm³/mol. The van der Waals surface area contributed by atoms with Crippen molar-refractivity contribution in [2.45, 2.75) is 6.54 Å². The van der Waals surface area contributed by atoms with Crippen molar-refractivity contribution >= 4 is 29.2 Å². The lowest BCUT2D eigenvalue weighted by Crippen LogP contribution is -2.12. The molecule has 0 saturated heterocycles. The minimum Gasteiger partial charge on any atom is -0.480 e. The van der Waals surface area contributed by atoms with Crippen molar-refractivity contribution < 1.29 is 19.1 Å². The molecule has 0 atom stereocenters. The lowest BCUT2D eigenvalue weighted by molar-refractivity contribution is -0.137. The Morgan fingerprint density at radius 1 is 1.45 bits per heavy atom. The second-order valence-electron chi connectivity index (χ2n) is 3.90. The summed E-state index contributed by atoms with van der Waals surface area (Å²) < 4.78 is 14.4. The first kappa shape index (κ1) is 14.0. The predicted octanol–water partition coefficient (Wildman–Crippen LogP) is 2.01. The molecule has 1 aromatic heterocycles. The summed E-state index contributed by atoms with van der Waals surface area (Å²) in [6, 6.07) is 3.67. The second kappa shape index (κ2) is 5.70. The summed E-state index contributed by atoms with van der Waals surface area (Å²) >= 11 is 5.52. The standard InChI is InChI=1S/C12H9ClFN3O3/c13-9-2-1-7(3-10(9)14)12(20)16-8-4-15-17(5-8)6-11(18)19/h1-5H,6H2,(H,16,20)(H,18,19). The molecule has 0 radical (unpaired) electrons. The Labute approximate surface area is 117 Å². The van der Waals surface area contributed by atoms with E-state index in [0.717, 1.165) is 10.7 Å². The number of hydrogen-bond acceptors (Lipinski definition) is 3. The van der Waals surface area contributed by atoms with Gasteiger partial charge in [0.2, 0.25) is 0 Å². The number of carboxylic acid groups (broad SMARTS) is 1. The lowest BCUT2D eigenvalue weighted by atomic mass is 10.2. The van der Waals surface area contributed by atoms with Gasteiger partial charge in [0.05, 0.1) is 16.9 Å². The molecule has 0 aliphatic heterocycles. The number of carbonyl (C=O) groups excluding carboxylic acids is 1. The second-order valence-corrected chi connectivity index (χ2v) is 4.31. The number of anilines is 1. The van der Waals surface area contributed by atoms with Crippen LogP contribution in [0, 0.1) is 5.82 Å². The molecule has 6 nitrogen and oxygen atoms in total. The molecule has 2 rings (SSSR count). The summed E-state index contributed by atoms with van der Waals surface area (Å²) in [5.41, 5.74) is 0.407. The summed E-state index contributed by atoms with van der Waals surface area (Å²) in [5, 5.41) is 14.8. The number of aliphatic carboxylic acids is 1. The third-order valence-electron chi connectivity index (χ3n) is 2.37. The first-order valence-electron chi connectivity index (χ1n) is 5.46. The number of carbonyl (C=O) groups is 2. The molecule has 0 unspecified atom stereocenters. The molecule has 0 aliphatic carbocycles. The molecule has 1 amide bonds. The molecule has 8 heteroatoms. The van der Waals surface area contributed by atoms with E-state index >= 15 is 0 Å². The van der Waals surface area contributed by atoms with Gasteiger partial charge in [-0.3, -0.25) is 14.3 Å². The van der Waals surface area contributed by atoms with Gasteiger partial charge in [-0.1, -0.05) is 11.6 Å². The first-order chi connectivity index (χ1) is 9.45. The van der Waals surface area contributed by atoms with Crippen LogP contribution in [0.4, 0.5) is 10.1 Å². The minimum atomic E-state index is -1.05. The Morgan fingerprint density at radius 2 is 2.20 bits per heavy atom. The van der Waals surface area contributed by atoms with E-state index in [1.54, 1.807) is 0 Å². The summed E-state index contributed by atoms with van der Waals surface area (Å²) in [6.45, 7) is -0.314. The molecule has 0 spiro atoms. The number of rotatable bonds is 4. The van der Waals surface area contributed by atoms with E-state index in [1.807, 2.05) is 0 Å². The zero-order chi connectivity index (χ0) is 14.7. The fraction of sp³-hybridized carbons (Fsp3) is 0.0833. The number of halogens is 2. The highest BCUT2D eigenvalue weighted by Gasteiger charge is 2.10. The van der Waals surface area contributed by atoms with E-state index in [2.05, 4.69) is 10.4 Å². The number of nitrogens with zero attached hydrogens (tertiary/aromatic N) is 2. The van der Waals surface area contributed by atoms with E-state index in [0.29, 0.717) is 5.69 Å². The highest BCUT2D eigenvalue weighted by Crippen LogP contribution is 2.16. The fourth-order valence-electron chi connectivity index (χ4n) is 1.49. The zero-order valence-corrected chi connectivity index (χ0v) is 10.8. The molecule has 20 heavy (non-hydrogen) atoms. The van der Waals surface area contributed by atoms with Gasteiger partial charge in [-0.2, -0.15) is 5.10 Å². The van der Waals surface area contributed by atoms with Crippen LogP contribution in [0.3, 0.4) is 0 Å². The van der Waals surface area contributed by atoms with Crippen molar-refractivity contribution in [3.05, 3.63) is 47.0 Å². The van der Waals surface area contributed by atoms with Crippen LogP contribution >= 0.6 is 11.6 Å². The van der Waals surface area contributed by atoms with E-state index in [1.165, 1.54) is 24.5 Å². The number of nitrogens with one attached hydrogen (secondary N) is 1. The molecule has 0 aliphatic rings. The van der Waals surface area contributed by atoms with E-state index in [9.17, 15) is 14.0 Å². The van der Waals surface area contributed by atoms with E-state index in [4.69, 9.17) is 16.7 Å². The number of carboxylic acids is 1. The Kier molecular flexibility index (Phi) is 3.99. The minimum absolute atomic E-state index is 0.0733.